The van der Waals surface area contributed by atoms with Crippen molar-refractivity contribution in [3.63, 3.8) is 0 Å². The van der Waals surface area contributed by atoms with Crippen molar-refractivity contribution in [3.8, 4) is 0 Å². The summed E-state index contributed by atoms with van der Waals surface area (Å²) >= 11 is 0. The van der Waals surface area contributed by atoms with Crippen LogP contribution < -0.4 is 5.32 Å². The summed E-state index contributed by atoms with van der Waals surface area (Å²) in [6.07, 6.45) is 2.32. The van der Waals surface area contributed by atoms with E-state index in [-0.39, 0.29) is 12.4 Å². The van der Waals surface area contributed by atoms with Gasteiger partial charge in [-0.15, -0.1) is 12.4 Å². The van der Waals surface area contributed by atoms with Crippen LogP contribution in [-0.4, -0.2) is 6.04 Å². The first kappa shape index (κ1) is 16.7. The highest BCUT2D eigenvalue weighted by Gasteiger charge is 2.03. The van der Waals surface area contributed by atoms with E-state index in [1.807, 2.05) is 0 Å². The van der Waals surface area contributed by atoms with E-state index in [4.69, 9.17) is 0 Å². The summed E-state index contributed by atoms with van der Waals surface area (Å²) in [5.74, 6) is 0. The number of rotatable bonds is 6. The van der Waals surface area contributed by atoms with Crippen molar-refractivity contribution in [1.29, 1.82) is 0 Å². The molecule has 2 aromatic carbocycles. The summed E-state index contributed by atoms with van der Waals surface area (Å²) in [6.45, 7) is 5.40. The van der Waals surface area contributed by atoms with Crippen LogP contribution in [0.1, 0.15) is 30.0 Å². The first-order valence-corrected chi connectivity index (χ1v) is 7.07. The van der Waals surface area contributed by atoms with Crippen LogP contribution in [0.2, 0.25) is 0 Å². The van der Waals surface area contributed by atoms with Gasteiger partial charge in [-0.1, -0.05) is 54.6 Å². The average Bonchev–Trinajstić information content (AvgIpc) is 2.45. The van der Waals surface area contributed by atoms with Gasteiger partial charge in [0.15, 0.2) is 0 Å². The first-order chi connectivity index (χ1) is 9.25. The van der Waals surface area contributed by atoms with E-state index < -0.39 is 0 Å². The van der Waals surface area contributed by atoms with E-state index in [2.05, 4.69) is 73.8 Å². The van der Waals surface area contributed by atoms with Crippen molar-refractivity contribution in [3.05, 3.63) is 71.3 Å². The third-order valence-electron chi connectivity index (χ3n) is 3.61. The van der Waals surface area contributed by atoms with Gasteiger partial charge in [-0.3, -0.25) is 0 Å². The highest BCUT2D eigenvalue weighted by molar-refractivity contribution is 5.85. The second-order valence-corrected chi connectivity index (χ2v) is 5.23. The van der Waals surface area contributed by atoms with Crippen LogP contribution in [-0.2, 0) is 13.0 Å². The van der Waals surface area contributed by atoms with E-state index in [0.717, 1.165) is 13.0 Å². The van der Waals surface area contributed by atoms with E-state index in [0.29, 0.717) is 6.04 Å². The summed E-state index contributed by atoms with van der Waals surface area (Å²) in [5.41, 5.74) is 4.19. The summed E-state index contributed by atoms with van der Waals surface area (Å²) in [5, 5.41) is 3.61. The Morgan fingerprint density at radius 1 is 0.950 bits per heavy atom. The predicted molar refractivity (Wildman–Crippen MR) is 89.5 cm³/mol. The molecule has 108 valence electrons. The Bertz CT molecular complexity index is 496. The van der Waals surface area contributed by atoms with Crippen LogP contribution in [0.4, 0.5) is 0 Å². The number of benzene rings is 2. The van der Waals surface area contributed by atoms with Gasteiger partial charge in [0, 0.05) is 12.6 Å². The molecule has 1 unspecified atom stereocenters. The molecule has 0 aliphatic heterocycles. The molecule has 2 aromatic rings. The van der Waals surface area contributed by atoms with Crippen LogP contribution in [0.5, 0.6) is 0 Å². The van der Waals surface area contributed by atoms with Crippen LogP contribution >= 0.6 is 12.4 Å². The van der Waals surface area contributed by atoms with Gasteiger partial charge in [-0.25, -0.2) is 0 Å². The molecule has 0 spiro atoms. The maximum Gasteiger partial charge on any atom is 0.0210 e. The molecule has 1 atom stereocenters. The molecule has 0 saturated heterocycles. The molecule has 0 saturated carbocycles. The highest BCUT2D eigenvalue weighted by atomic mass is 35.5. The molecule has 0 radical (unpaired) electrons. The standard InChI is InChI=1S/C18H23N.ClH/c1-15-8-6-7-11-18(15)14-19-16(2)12-13-17-9-4-3-5-10-17;/h3-11,16,19H,12-14H2,1-2H3;1H. The largest absolute Gasteiger partial charge is 0.310 e. The lowest BCUT2D eigenvalue weighted by Crippen LogP contribution is -2.26. The fourth-order valence-corrected chi connectivity index (χ4v) is 2.22. The summed E-state index contributed by atoms with van der Waals surface area (Å²) in [7, 11) is 0. The van der Waals surface area contributed by atoms with Gasteiger partial charge in [0.2, 0.25) is 0 Å². The quantitative estimate of drug-likeness (QED) is 0.824. The molecule has 0 amide bonds. The maximum absolute atomic E-state index is 3.61. The molecule has 20 heavy (non-hydrogen) atoms. The van der Waals surface area contributed by atoms with Gasteiger partial charge < -0.3 is 5.32 Å². The number of halogens is 1. The van der Waals surface area contributed by atoms with Crippen LogP contribution in [0.15, 0.2) is 54.6 Å². The van der Waals surface area contributed by atoms with Crippen LogP contribution in [0.25, 0.3) is 0 Å². The molecule has 2 heteroatoms. The van der Waals surface area contributed by atoms with E-state index >= 15 is 0 Å². The molecule has 0 heterocycles. The Morgan fingerprint density at radius 2 is 1.60 bits per heavy atom. The lowest BCUT2D eigenvalue weighted by Gasteiger charge is -2.15. The second kappa shape index (κ2) is 8.78. The van der Waals surface area contributed by atoms with Crippen LogP contribution in [0, 0.1) is 6.92 Å². The Kier molecular flexibility index (Phi) is 7.35. The Hall–Kier alpha value is -1.31. The second-order valence-electron chi connectivity index (χ2n) is 5.23. The predicted octanol–water partition coefficient (Wildman–Crippen LogP) is 4.53. The summed E-state index contributed by atoms with van der Waals surface area (Å²) in [6, 6.07) is 19.8. The SMILES string of the molecule is Cc1ccccc1CNC(C)CCc1ccccc1.Cl. The molecular formula is C18H24ClN. The molecule has 1 N–H and O–H groups in total. The summed E-state index contributed by atoms with van der Waals surface area (Å²) in [4.78, 5) is 0. The van der Waals surface area contributed by atoms with Gasteiger partial charge in [-0.2, -0.15) is 0 Å². The molecule has 0 bridgehead atoms. The lowest BCUT2D eigenvalue weighted by molar-refractivity contribution is 0.513. The molecule has 0 fully saturated rings. The fraction of sp³-hybridized carbons (Fsp3) is 0.333. The smallest absolute Gasteiger partial charge is 0.0210 e. The zero-order chi connectivity index (χ0) is 13.5. The molecule has 2 rings (SSSR count). The summed E-state index contributed by atoms with van der Waals surface area (Å²) < 4.78 is 0. The Balaban J connectivity index is 0.00000200. The molecule has 0 aromatic heterocycles. The maximum atomic E-state index is 3.61. The van der Waals surface area contributed by atoms with Crippen molar-refractivity contribution in [2.24, 2.45) is 0 Å². The van der Waals surface area contributed by atoms with Gasteiger partial charge in [0.1, 0.15) is 0 Å². The minimum absolute atomic E-state index is 0. The minimum Gasteiger partial charge on any atom is -0.310 e. The first-order valence-electron chi connectivity index (χ1n) is 7.07. The lowest BCUT2D eigenvalue weighted by atomic mass is 10.1. The van der Waals surface area contributed by atoms with E-state index in [1.165, 1.54) is 23.1 Å². The van der Waals surface area contributed by atoms with Gasteiger partial charge in [-0.05, 0) is 43.4 Å². The van der Waals surface area contributed by atoms with E-state index in [9.17, 15) is 0 Å². The van der Waals surface area contributed by atoms with Gasteiger partial charge in [0.05, 0.1) is 0 Å². The Labute approximate surface area is 128 Å². The van der Waals surface area contributed by atoms with Crippen molar-refractivity contribution in [2.75, 3.05) is 0 Å². The normalized spacial score (nSPS) is 11.7. The monoisotopic (exact) mass is 289 g/mol. The third-order valence-corrected chi connectivity index (χ3v) is 3.61. The van der Waals surface area contributed by atoms with Crippen molar-refractivity contribution < 1.29 is 0 Å². The fourth-order valence-electron chi connectivity index (χ4n) is 2.22. The molecule has 1 nitrogen and oxygen atoms in total. The minimum atomic E-state index is 0. The van der Waals surface area contributed by atoms with Gasteiger partial charge >= 0.3 is 0 Å². The van der Waals surface area contributed by atoms with Gasteiger partial charge in [0.25, 0.3) is 0 Å². The van der Waals surface area contributed by atoms with Crippen LogP contribution in [0.3, 0.4) is 0 Å². The molecule has 0 aliphatic carbocycles. The average molecular weight is 290 g/mol. The van der Waals surface area contributed by atoms with Crippen molar-refractivity contribution >= 4 is 12.4 Å². The number of aryl methyl sites for hydroxylation is 2. The number of nitrogens with one attached hydrogen (secondary N) is 1. The molecular weight excluding hydrogens is 266 g/mol. The topological polar surface area (TPSA) is 12.0 Å². The zero-order valence-corrected chi connectivity index (χ0v) is 13.1. The highest BCUT2D eigenvalue weighted by Crippen LogP contribution is 2.08. The zero-order valence-electron chi connectivity index (χ0n) is 12.3. The Morgan fingerprint density at radius 3 is 2.30 bits per heavy atom. The van der Waals surface area contributed by atoms with E-state index in [1.54, 1.807) is 0 Å². The van der Waals surface area contributed by atoms with Crippen molar-refractivity contribution in [1.82, 2.24) is 5.32 Å². The molecule has 0 aliphatic rings. The number of hydrogen-bond acceptors (Lipinski definition) is 1. The third kappa shape index (κ3) is 5.36. The van der Waals surface area contributed by atoms with Crippen molar-refractivity contribution in [2.45, 2.75) is 39.3 Å². The number of hydrogen-bond donors (Lipinski definition) is 1.